The third-order valence-corrected chi connectivity index (χ3v) is 3.43. The summed E-state index contributed by atoms with van der Waals surface area (Å²) in [7, 11) is 3.50. The Hall–Kier alpha value is -1.97. The average molecular weight is 374 g/mol. The topological polar surface area (TPSA) is 138 Å². The number of guanidine groups is 2. The summed E-state index contributed by atoms with van der Waals surface area (Å²) in [5.41, 5.74) is 11.1. The second-order valence-electron chi connectivity index (χ2n) is 6.83. The lowest BCUT2D eigenvalue weighted by atomic mass is 9.92. The van der Waals surface area contributed by atoms with Crippen molar-refractivity contribution >= 4 is 35.7 Å². The molecule has 0 bridgehead atoms. The van der Waals surface area contributed by atoms with Gasteiger partial charge in [0, 0.05) is 45.8 Å². The van der Waals surface area contributed by atoms with E-state index in [9.17, 15) is 9.59 Å². The van der Waals surface area contributed by atoms with Crippen molar-refractivity contribution in [2.75, 3.05) is 32.9 Å². The van der Waals surface area contributed by atoms with Crippen molar-refractivity contribution < 1.29 is 9.59 Å². The quantitative estimate of drug-likeness (QED) is 0.203. The molecule has 0 saturated heterocycles. The minimum atomic E-state index is -0.122. The van der Waals surface area contributed by atoms with Gasteiger partial charge in [-0.1, -0.05) is 20.8 Å². The maximum Gasteiger partial charge on any atom is 0.230 e. The molecule has 0 spiro atoms. The van der Waals surface area contributed by atoms with Crippen molar-refractivity contribution in [3.05, 3.63) is 0 Å². The Morgan fingerprint density at radius 2 is 1.68 bits per heavy atom. The highest BCUT2D eigenvalue weighted by Crippen LogP contribution is 2.17. The summed E-state index contributed by atoms with van der Waals surface area (Å²) in [4.78, 5) is 28.8. The lowest BCUT2D eigenvalue weighted by Gasteiger charge is -2.17. The van der Waals surface area contributed by atoms with Crippen LogP contribution in [0.2, 0.25) is 0 Å². The molecule has 0 radical (unpaired) electrons. The van der Waals surface area contributed by atoms with Crippen LogP contribution in [0.1, 0.15) is 33.6 Å². The fraction of sp³-hybridized carbons (Fsp3) is 0.733. The van der Waals surface area contributed by atoms with Gasteiger partial charge in [0.2, 0.25) is 17.8 Å². The van der Waals surface area contributed by atoms with Crippen molar-refractivity contribution in [2.45, 2.75) is 33.6 Å². The molecule has 9 nitrogen and oxygen atoms in total. The Kier molecular flexibility index (Phi) is 10.7. The van der Waals surface area contributed by atoms with Crippen LogP contribution in [0.3, 0.4) is 0 Å². The number of hydrogen-bond donors (Lipinski definition) is 4. The van der Waals surface area contributed by atoms with E-state index in [4.69, 9.17) is 11.5 Å². The third kappa shape index (κ3) is 14.1. The van der Waals surface area contributed by atoms with E-state index in [2.05, 4.69) is 20.0 Å². The molecule has 0 aromatic carbocycles. The van der Waals surface area contributed by atoms with Crippen molar-refractivity contribution in [1.29, 1.82) is 0 Å². The van der Waals surface area contributed by atoms with E-state index in [-0.39, 0.29) is 35.6 Å². The Morgan fingerprint density at radius 3 is 2.24 bits per heavy atom. The zero-order valence-corrected chi connectivity index (χ0v) is 16.6. The molecule has 25 heavy (non-hydrogen) atoms. The normalized spacial score (nSPS) is 12.7. The summed E-state index contributed by atoms with van der Waals surface area (Å²) in [6.07, 6.45) is 0.682. The SMILES string of the molecule is CN(C)C(N)=NC(N)=NSCCNC(=O)CCNC(=O)CC(C)(C)C. The van der Waals surface area contributed by atoms with Gasteiger partial charge in [0.05, 0.1) is 0 Å². The van der Waals surface area contributed by atoms with Crippen LogP contribution in [0.15, 0.2) is 9.39 Å². The van der Waals surface area contributed by atoms with Crippen molar-refractivity contribution in [3.8, 4) is 0 Å². The molecule has 2 amide bonds. The van der Waals surface area contributed by atoms with E-state index in [1.165, 1.54) is 11.9 Å². The molecule has 0 fully saturated rings. The minimum absolute atomic E-state index is 0.0433. The molecular weight excluding hydrogens is 342 g/mol. The van der Waals surface area contributed by atoms with Crippen LogP contribution in [-0.4, -0.2) is 61.6 Å². The van der Waals surface area contributed by atoms with E-state index in [0.717, 1.165) is 0 Å². The predicted molar refractivity (Wildman–Crippen MR) is 104 cm³/mol. The molecule has 0 aliphatic carbocycles. The first-order valence-electron chi connectivity index (χ1n) is 8.01. The zero-order valence-electron chi connectivity index (χ0n) is 15.8. The molecule has 0 aromatic heterocycles. The molecule has 0 aromatic rings. The van der Waals surface area contributed by atoms with Gasteiger partial charge in [0.1, 0.15) is 0 Å². The first-order valence-corrected chi connectivity index (χ1v) is 8.96. The van der Waals surface area contributed by atoms with E-state index in [1.54, 1.807) is 19.0 Å². The van der Waals surface area contributed by atoms with Gasteiger partial charge in [-0.15, -0.1) is 0 Å². The number of carbonyl (C=O) groups excluding carboxylic acids is 2. The molecule has 0 heterocycles. The first-order chi connectivity index (χ1) is 11.5. The standard InChI is InChI=1S/C15H31N7O2S/c1-15(2,3)10-12(24)18-7-6-11(23)19-8-9-25-21-13(16)20-14(17)22(4)5/h6-10H2,1-5H3,(H,18,24)(H,19,23)(H4,16,17,20,21). The van der Waals surface area contributed by atoms with Crippen LogP contribution < -0.4 is 22.1 Å². The highest BCUT2D eigenvalue weighted by Gasteiger charge is 2.15. The number of hydrogen-bond acceptors (Lipinski definition) is 4. The monoisotopic (exact) mass is 373 g/mol. The molecule has 0 unspecified atom stereocenters. The molecule has 0 rings (SSSR count). The molecule has 0 saturated carbocycles. The number of rotatable bonds is 8. The molecule has 0 aliphatic rings. The lowest BCUT2D eigenvalue weighted by Crippen LogP contribution is -2.33. The van der Waals surface area contributed by atoms with Gasteiger partial charge >= 0.3 is 0 Å². The van der Waals surface area contributed by atoms with E-state index >= 15 is 0 Å². The lowest BCUT2D eigenvalue weighted by molar-refractivity contribution is -0.123. The summed E-state index contributed by atoms with van der Waals surface area (Å²) in [5.74, 6) is 0.731. The second kappa shape index (κ2) is 11.6. The van der Waals surface area contributed by atoms with Crippen LogP contribution in [0.25, 0.3) is 0 Å². The van der Waals surface area contributed by atoms with Gasteiger partial charge in [0.15, 0.2) is 5.96 Å². The van der Waals surface area contributed by atoms with Crippen molar-refractivity contribution in [3.63, 3.8) is 0 Å². The highest BCUT2D eigenvalue weighted by molar-refractivity contribution is 7.98. The summed E-state index contributed by atoms with van der Waals surface area (Å²) in [6, 6.07) is 0. The Balaban J connectivity index is 3.84. The van der Waals surface area contributed by atoms with Gasteiger partial charge in [-0.3, -0.25) is 9.59 Å². The summed E-state index contributed by atoms with van der Waals surface area (Å²) in [6.45, 7) is 6.76. The Morgan fingerprint density at radius 1 is 1.08 bits per heavy atom. The van der Waals surface area contributed by atoms with E-state index < -0.39 is 0 Å². The van der Waals surface area contributed by atoms with Gasteiger partial charge in [-0.05, 0) is 17.4 Å². The van der Waals surface area contributed by atoms with Crippen LogP contribution in [-0.2, 0) is 9.59 Å². The molecule has 0 aliphatic heterocycles. The fourth-order valence-corrected chi connectivity index (χ4v) is 1.99. The maximum atomic E-state index is 11.7. The number of nitrogens with two attached hydrogens (primary N) is 2. The number of nitrogens with zero attached hydrogens (tertiary/aromatic N) is 3. The van der Waals surface area contributed by atoms with Crippen LogP contribution >= 0.6 is 11.9 Å². The Bertz CT molecular complexity index is 499. The van der Waals surface area contributed by atoms with Gasteiger partial charge in [0.25, 0.3) is 0 Å². The Labute approximate surface area is 154 Å². The third-order valence-electron chi connectivity index (χ3n) is 2.73. The number of carbonyl (C=O) groups is 2. The first kappa shape index (κ1) is 23.0. The summed E-state index contributed by atoms with van der Waals surface area (Å²) in [5, 5.41) is 5.49. The van der Waals surface area contributed by atoms with Crippen LogP contribution in [0, 0.1) is 5.41 Å². The van der Waals surface area contributed by atoms with E-state index in [0.29, 0.717) is 25.3 Å². The second-order valence-corrected chi connectivity index (χ2v) is 7.68. The van der Waals surface area contributed by atoms with Gasteiger partial charge < -0.3 is 27.0 Å². The summed E-state index contributed by atoms with van der Waals surface area (Å²) >= 11 is 1.19. The predicted octanol–water partition coefficient (Wildman–Crippen LogP) is -0.116. The highest BCUT2D eigenvalue weighted by atomic mass is 32.2. The molecule has 0 atom stereocenters. The summed E-state index contributed by atoms with van der Waals surface area (Å²) < 4.78 is 3.97. The van der Waals surface area contributed by atoms with Crippen LogP contribution in [0.5, 0.6) is 0 Å². The number of aliphatic imine (C=N–C) groups is 1. The van der Waals surface area contributed by atoms with Crippen molar-refractivity contribution in [1.82, 2.24) is 15.5 Å². The molecule has 6 N–H and O–H groups in total. The van der Waals surface area contributed by atoms with Gasteiger partial charge in [-0.2, -0.15) is 9.39 Å². The maximum absolute atomic E-state index is 11.7. The van der Waals surface area contributed by atoms with E-state index in [1.807, 2.05) is 20.8 Å². The zero-order chi connectivity index (χ0) is 19.5. The average Bonchev–Trinajstić information content (AvgIpc) is 2.44. The van der Waals surface area contributed by atoms with Crippen LogP contribution in [0.4, 0.5) is 0 Å². The van der Waals surface area contributed by atoms with Gasteiger partial charge in [-0.25, -0.2) is 0 Å². The van der Waals surface area contributed by atoms with Crippen molar-refractivity contribution in [2.24, 2.45) is 26.3 Å². The molecule has 10 heteroatoms. The number of nitrogens with one attached hydrogen (secondary N) is 2. The molecular formula is C15H31N7O2S. The largest absolute Gasteiger partial charge is 0.369 e. The minimum Gasteiger partial charge on any atom is -0.369 e. The molecule has 144 valence electrons. The smallest absolute Gasteiger partial charge is 0.230 e. The number of amides is 2. The fourth-order valence-electron chi connectivity index (χ4n) is 1.53.